The lowest BCUT2D eigenvalue weighted by molar-refractivity contribution is -0.139. The predicted molar refractivity (Wildman–Crippen MR) is 70.2 cm³/mol. The molecule has 2 rings (SSSR count). The number of ether oxygens (including phenoxy) is 1. The lowest BCUT2D eigenvalue weighted by atomic mass is 10.1. The lowest BCUT2D eigenvalue weighted by Gasteiger charge is -2.09. The molecule has 0 unspecified atom stereocenters. The van der Waals surface area contributed by atoms with Gasteiger partial charge in [0.25, 0.3) is 0 Å². The molecule has 1 N–H and O–H groups in total. The van der Waals surface area contributed by atoms with Gasteiger partial charge in [0.15, 0.2) is 6.61 Å². The Morgan fingerprint density at radius 3 is 2.61 bits per heavy atom. The van der Waals surface area contributed by atoms with Crippen molar-refractivity contribution in [3.05, 3.63) is 29.5 Å². The molecule has 0 saturated heterocycles. The molecule has 4 nitrogen and oxygen atoms in total. The molecule has 0 aliphatic carbocycles. The highest BCUT2D eigenvalue weighted by molar-refractivity contribution is 5.88. The number of carboxylic acid groups (broad SMARTS) is 1. The van der Waals surface area contributed by atoms with Crippen molar-refractivity contribution in [1.29, 1.82) is 0 Å². The van der Waals surface area contributed by atoms with Crippen molar-refractivity contribution in [3.8, 4) is 5.75 Å². The molecule has 0 radical (unpaired) electrons. The Morgan fingerprint density at radius 1 is 1.33 bits per heavy atom. The second kappa shape index (κ2) is 6.10. The van der Waals surface area contributed by atoms with Crippen molar-refractivity contribution < 1.29 is 19.1 Å². The number of benzene rings is 1. The zero-order valence-electron chi connectivity index (χ0n) is 11.1. The Morgan fingerprint density at radius 2 is 2.00 bits per heavy atom. The molecule has 0 atom stereocenters. The summed E-state index contributed by atoms with van der Waals surface area (Å²) in [5.74, 6) is -0.409. The van der Waals surface area contributed by atoms with Gasteiger partial charge in [-0.3, -0.25) is 0 Å². The van der Waals surface area contributed by atoms with Crippen molar-refractivity contribution in [3.63, 3.8) is 0 Å². The van der Waals surface area contributed by atoms with Crippen molar-refractivity contribution in [2.45, 2.75) is 27.7 Å². The van der Waals surface area contributed by atoms with Gasteiger partial charge in [-0.25, -0.2) is 4.79 Å². The van der Waals surface area contributed by atoms with Crippen LogP contribution in [0.1, 0.15) is 25.0 Å². The van der Waals surface area contributed by atoms with E-state index in [9.17, 15) is 4.79 Å². The van der Waals surface area contributed by atoms with E-state index in [1.165, 1.54) is 0 Å². The van der Waals surface area contributed by atoms with Gasteiger partial charge in [0.1, 0.15) is 11.3 Å². The number of hydrogen-bond acceptors (Lipinski definition) is 3. The monoisotopic (exact) mass is 250 g/mol. The summed E-state index contributed by atoms with van der Waals surface area (Å²) >= 11 is 0. The fraction of sp³-hybridized carbons (Fsp3) is 0.357. The molecular weight excluding hydrogens is 232 g/mol. The molecule has 0 saturated carbocycles. The molecular formula is C14H18O4. The quantitative estimate of drug-likeness (QED) is 0.905. The molecule has 0 aliphatic heterocycles. The zero-order chi connectivity index (χ0) is 13.7. The Labute approximate surface area is 106 Å². The van der Waals surface area contributed by atoms with Crippen LogP contribution in [-0.4, -0.2) is 17.7 Å². The first-order valence-corrected chi connectivity index (χ1v) is 5.91. The van der Waals surface area contributed by atoms with Gasteiger partial charge >= 0.3 is 5.97 Å². The Balaban J connectivity index is 0.000000771. The van der Waals surface area contributed by atoms with Crippen LogP contribution in [0.3, 0.4) is 0 Å². The van der Waals surface area contributed by atoms with Crippen LogP contribution < -0.4 is 4.74 Å². The largest absolute Gasteiger partial charge is 0.481 e. The van der Waals surface area contributed by atoms with Gasteiger partial charge in [-0.2, -0.15) is 0 Å². The maximum Gasteiger partial charge on any atom is 0.341 e. The van der Waals surface area contributed by atoms with E-state index in [1.807, 2.05) is 33.8 Å². The molecule has 2 aromatic rings. The van der Waals surface area contributed by atoms with Crippen molar-refractivity contribution in [2.75, 3.05) is 6.61 Å². The van der Waals surface area contributed by atoms with E-state index in [4.69, 9.17) is 14.3 Å². The molecule has 1 aromatic carbocycles. The minimum atomic E-state index is -0.989. The maximum absolute atomic E-state index is 10.5. The minimum Gasteiger partial charge on any atom is -0.481 e. The molecule has 98 valence electrons. The van der Waals surface area contributed by atoms with Crippen molar-refractivity contribution >= 4 is 16.9 Å². The summed E-state index contributed by atoms with van der Waals surface area (Å²) in [6, 6.07) is 3.70. The number of rotatable bonds is 3. The summed E-state index contributed by atoms with van der Waals surface area (Å²) in [6.07, 6.45) is 1.57. The smallest absolute Gasteiger partial charge is 0.341 e. The minimum absolute atomic E-state index is 0.343. The van der Waals surface area contributed by atoms with E-state index in [0.29, 0.717) is 5.75 Å². The summed E-state index contributed by atoms with van der Waals surface area (Å²) in [5.41, 5.74) is 2.67. The second-order valence-electron chi connectivity index (χ2n) is 3.69. The Hall–Kier alpha value is -1.97. The fourth-order valence-corrected chi connectivity index (χ4v) is 1.79. The molecule has 18 heavy (non-hydrogen) atoms. The number of fused-ring (bicyclic) bond motifs is 1. The van der Waals surface area contributed by atoms with E-state index in [-0.39, 0.29) is 6.61 Å². The van der Waals surface area contributed by atoms with E-state index in [0.717, 1.165) is 22.1 Å². The highest BCUT2D eigenvalue weighted by Gasteiger charge is 2.12. The van der Waals surface area contributed by atoms with Crippen LogP contribution in [0.4, 0.5) is 0 Å². The van der Waals surface area contributed by atoms with Crippen LogP contribution in [0.15, 0.2) is 22.8 Å². The maximum atomic E-state index is 10.5. The molecule has 0 bridgehead atoms. The first-order chi connectivity index (χ1) is 8.59. The summed E-state index contributed by atoms with van der Waals surface area (Å²) in [4.78, 5) is 10.5. The predicted octanol–water partition coefficient (Wildman–Crippen LogP) is 3.54. The summed E-state index contributed by atoms with van der Waals surface area (Å²) in [7, 11) is 0. The molecule has 0 amide bonds. The van der Waals surface area contributed by atoms with Crippen molar-refractivity contribution in [1.82, 2.24) is 0 Å². The highest BCUT2D eigenvalue weighted by Crippen LogP contribution is 2.32. The van der Waals surface area contributed by atoms with E-state index in [2.05, 4.69) is 0 Å². The van der Waals surface area contributed by atoms with Crippen LogP contribution in [0, 0.1) is 13.8 Å². The van der Waals surface area contributed by atoms with Crippen LogP contribution in [0.5, 0.6) is 5.75 Å². The summed E-state index contributed by atoms with van der Waals surface area (Å²) in [6.45, 7) is 7.49. The molecule has 1 aromatic heterocycles. The molecule has 1 heterocycles. The van der Waals surface area contributed by atoms with Gasteiger partial charge in [-0.1, -0.05) is 13.8 Å². The van der Waals surface area contributed by atoms with Crippen molar-refractivity contribution in [2.24, 2.45) is 0 Å². The topological polar surface area (TPSA) is 59.7 Å². The van der Waals surface area contributed by atoms with Crippen LogP contribution in [0.25, 0.3) is 11.0 Å². The molecule has 0 spiro atoms. The highest BCUT2D eigenvalue weighted by atomic mass is 16.5. The molecule has 0 aliphatic rings. The average Bonchev–Trinajstić information content (AvgIpc) is 2.80. The Kier molecular flexibility index (Phi) is 4.77. The van der Waals surface area contributed by atoms with Crippen LogP contribution in [0.2, 0.25) is 0 Å². The third-order valence-electron chi connectivity index (χ3n) is 2.40. The van der Waals surface area contributed by atoms with Gasteiger partial charge in [-0.15, -0.1) is 0 Å². The van der Waals surface area contributed by atoms with Gasteiger partial charge in [0.2, 0.25) is 0 Å². The third kappa shape index (κ3) is 2.83. The fourth-order valence-electron chi connectivity index (χ4n) is 1.79. The summed E-state index contributed by atoms with van der Waals surface area (Å²) in [5, 5.41) is 9.41. The number of aryl methyl sites for hydroxylation is 2. The first-order valence-electron chi connectivity index (χ1n) is 5.91. The van der Waals surface area contributed by atoms with Gasteiger partial charge < -0.3 is 14.3 Å². The first kappa shape index (κ1) is 14.1. The third-order valence-corrected chi connectivity index (χ3v) is 2.40. The van der Waals surface area contributed by atoms with Gasteiger partial charge in [-0.05, 0) is 37.1 Å². The van der Waals surface area contributed by atoms with Crippen LogP contribution >= 0.6 is 0 Å². The van der Waals surface area contributed by atoms with Gasteiger partial charge in [0.05, 0.1) is 11.6 Å². The summed E-state index contributed by atoms with van der Waals surface area (Å²) < 4.78 is 10.6. The van der Waals surface area contributed by atoms with E-state index < -0.39 is 5.97 Å². The van der Waals surface area contributed by atoms with E-state index in [1.54, 1.807) is 12.3 Å². The second-order valence-corrected chi connectivity index (χ2v) is 3.69. The average molecular weight is 250 g/mol. The number of furan rings is 1. The Bertz CT molecular complexity index is 540. The SMILES string of the molecule is CC.Cc1cc(C)c2occc2c1OCC(=O)O. The number of carboxylic acids is 1. The number of aliphatic carboxylic acids is 1. The molecule has 4 heteroatoms. The van der Waals surface area contributed by atoms with Crippen LogP contribution in [-0.2, 0) is 4.79 Å². The molecule has 0 fully saturated rings. The zero-order valence-corrected chi connectivity index (χ0v) is 11.1. The number of carbonyl (C=O) groups is 1. The van der Waals surface area contributed by atoms with Gasteiger partial charge in [0, 0.05) is 0 Å². The van der Waals surface area contributed by atoms with E-state index >= 15 is 0 Å². The standard InChI is InChI=1S/C12H12O4.C2H6/c1-7-5-8(2)12(16-6-10(13)14)9-3-4-15-11(7)9;1-2/h3-5H,6H2,1-2H3,(H,13,14);1-2H3. The number of hydrogen-bond donors (Lipinski definition) is 1. The normalized spacial score (nSPS) is 9.78. The lowest BCUT2D eigenvalue weighted by Crippen LogP contribution is -2.10.